The van der Waals surface area contributed by atoms with Gasteiger partial charge in [0.05, 0.1) is 5.56 Å². The van der Waals surface area contributed by atoms with Gasteiger partial charge < -0.3 is 9.67 Å². The van der Waals surface area contributed by atoms with Gasteiger partial charge in [0, 0.05) is 17.2 Å². The third-order valence-electron chi connectivity index (χ3n) is 2.75. The summed E-state index contributed by atoms with van der Waals surface area (Å²) in [6, 6.07) is 6.45. The first-order valence-electron chi connectivity index (χ1n) is 5.53. The van der Waals surface area contributed by atoms with E-state index in [0.29, 0.717) is 4.47 Å². The van der Waals surface area contributed by atoms with Gasteiger partial charge in [-0.2, -0.15) is 13.2 Å². The van der Waals surface area contributed by atoms with Crippen LogP contribution in [0.5, 0.6) is 0 Å². The number of hydrogen-bond acceptors (Lipinski definition) is 1. The van der Waals surface area contributed by atoms with Gasteiger partial charge in [0.2, 0.25) is 0 Å². The molecule has 0 spiro atoms. The third-order valence-corrected chi connectivity index (χ3v) is 3.18. The van der Waals surface area contributed by atoms with E-state index in [4.69, 9.17) is 5.11 Å². The second kappa shape index (κ2) is 5.32. The summed E-state index contributed by atoms with van der Waals surface area (Å²) >= 11 is 3.12. The van der Waals surface area contributed by atoms with Crippen LogP contribution < -0.4 is 0 Å². The van der Waals surface area contributed by atoms with Crippen molar-refractivity contribution in [2.24, 2.45) is 0 Å². The van der Waals surface area contributed by atoms with Crippen LogP contribution >= 0.6 is 15.9 Å². The predicted molar refractivity (Wildman–Crippen MR) is 69.6 cm³/mol. The number of carboxylic acids is 1. The largest absolute Gasteiger partial charge is 0.477 e. The van der Waals surface area contributed by atoms with E-state index in [1.54, 1.807) is 0 Å². The van der Waals surface area contributed by atoms with Crippen molar-refractivity contribution in [3.05, 3.63) is 57.8 Å². The second-order valence-electron chi connectivity index (χ2n) is 4.13. The Morgan fingerprint density at radius 3 is 2.55 bits per heavy atom. The highest BCUT2D eigenvalue weighted by Gasteiger charge is 2.33. The zero-order valence-electron chi connectivity index (χ0n) is 9.99. The number of aromatic carboxylic acids is 1. The predicted octanol–water partition coefficient (Wildman–Crippen LogP) is 4.02. The molecule has 0 aliphatic rings. The van der Waals surface area contributed by atoms with E-state index in [1.165, 1.54) is 35.0 Å². The summed E-state index contributed by atoms with van der Waals surface area (Å²) in [7, 11) is 0. The first-order chi connectivity index (χ1) is 9.29. The first-order valence-corrected chi connectivity index (χ1v) is 6.32. The normalized spacial score (nSPS) is 11.6. The summed E-state index contributed by atoms with van der Waals surface area (Å²) in [5, 5.41) is 9.02. The molecule has 2 aromatic rings. The molecule has 0 unspecified atom stereocenters. The fraction of sp³-hybridized carbons (Fsp3) is 0.154. The Bertz CT molecular complexity index is 649. The zero-order valence-corrected chi connectivity index (χ0v) is 11.6. The van der Waals surface area contributed by atoms with Gasteiger partial charge in [-0.3, -0.25) is 0 Å². The molecule has 0 saturated carbocycles. The van der Waals surface area contributed by atoms with Gasteiger partial charge in [-0.25, -0.2) is 4.79 Å². The fourth-order valence-electron chi connectivity index (χ4n) is 1.90. The van der Waals surface area contributed by atoms with Crippen LogP contribution in [0.25, 0.3) is 0 Å². The average molecular weight is 348 g/mol. The topological polar surface area (TPSA) is 42.2 Å². The smallest absolute Gasteiger partial charge is 0.416 e. The zero-order chi connectivity index (χ0) is 14.9. The maximum Gasteiger partial charge on any atom is 0.416 e. The minimum absolute atomic E-state index is 0.0191. The monoisotopic (exact) mass is 347 g/mol. The number of aromatic nitrogens is 1. The molecule has 0 bridgehead atoms. The molecule has 0 fully saturated rings. The van der Waals surface area contributed by atoms with E-state index in [1.807, 2.05) is 0 Å². The maximum atomic E-state index is 12.9. The first kappa shape index (κ1) is 14.6. The Kier molecular flexibility index (Phi) is 3.89. The molecular formula is C13H9BrF3NO2. The van der Waals surface area contributed by atoms with Gasteiger partial charge in [-0.15, -0.1) is 0 Å². The van der Waals surface area contributed by atoms with Gasteiger partial charge >= 0.3 is 12.1 Å². The van der Waals surface area contributed by atoms with Crippen molar-refractivity contribution in [1.82, 2.24) is 4.57 Å². The molecule has 1 aromatic heterocycles. The molecule has 1 heterocycles. The van der Waals surface area contributed by atoms with E-state index in [9.17, 15) is 18.0 Å². The minimum atomic E-state index is -4.47. The van der Waals surface area contributed by atoms with Crippen molar-refractivity contribution in [1.29, 1.82) is 0 Å². The van der Waals surface area contributed by atoms with Gasteiger partial charge in [-0.1, -0.05) is 18.2 Å². The highest BCUT2D eigenvalue weighted by molar-refractivity contribution is 9.10. The average Bonchev–Trinajstić information content (AvgIpc) is 2.70. The Morgan fingerprint density at radius 2 is 1.95 bits per heavy atom. The molecule has 3 nitrogen and oxygen atoms in total. The van der Waals surface area contributed by atoms with Crippen LogP contribution in [0.2, 0.25) is 0 Å². The number of carbonyl (C=O) groups is 1. The third kappa shape index (κ3) is 3.04. The molecule has 20 heavy (non-hydrogen) atoms. The minimum Gasteiger partial charge on any atom is -0.477 e. The van der Waals surface area contributed by atoms with Gasteiger partial charge in [0.15, 0.2) is 0 Å². The molecule has 0 aliphatic carbocycles. The molecule has 0 radical (unpaired) electrons. The van der Waals surface area contributed by atoms with Crippen LogP contribution in [0.4, 0.5) is 13.2 Å². The highest BCUT2D eigenvalue weighted by Crippen LogP contribution is 2.32. The number of nitrogens with zero attached hydrogens (tertiary/aromatic N) is 1. The standard InChI is InChI=1S/C13H9BrF3NO2/c14-9-5-11(12(19)20)18(7-9)6-8-3-1-2-4-10(8)13(15,16)17/h1-5,7H,6H2,(H,19,20). The van der Waals surface area contributed by atoms with Crippen molar-refractivity contribution >= 4 is 21.9 Å². The van der Waals surface area contributed by atoms with E-state index >= 15 is 0 Å². The van der Waals surface area contributed by atoms with Gasteiger partial charge in [0.25, 0.3) is 0 Å². The molecule has 7 heteroatoms. The lowest BCUT2D eigenvalue weighted by Gasteiger charge is -2.14. The van der Waals surface area contributed by atoms with Crippen molar-refractivity contribution in [3.63, 3.8) is 0 Å². The van der Waals surface area contributed by atoms with Crippen LogP contribution in [-0.4, -0.2) is 15.6 Å². The lowest BCUT2D eigenvalue weighted by atomic mass is 10.1. The van der Waals surface area contributed by atoms with Crippen molar-refractivity contribution < 1.29 is 23.1 Å². The SMILES string of the molecule is O=C(O)c1cc(Br)cn1Cc1ccccc1C(F)(F)F. The highest BCUT2D eigenvalue weighted by atomic mass is 79.9. The summed E-state index contributed by atoms with van der Waals surface area (Å²) < 4.78 is 40.4. The maximum absolute atomic E-state index is 12.9. The van der Waals surface area contributed by atoms with Crippen LogP contribution in [0.3, 0.4) is 0 Å². The fourth-order valence-corrected chi connectivity index (χ4v) is 2.37. The summed E-state index contributed by atoms with van der Waals surface area (Å²) in [4.78, 5) is 11.0. The molecule has 0 saturated heterocycles. The number of alkyl halides is 3. The molecule has 2 rings (SSSR count). The van der Waals surface area contributed by atoms with E-state index in [-0.39, 0.29) is 17.8 Å². The Morgan fingerprint density at radius 1 is 1.30 bits per heavy atom. The van der Waals surface area contributed by atoms with Crippen LogP contribution in [0, 0.1) is 0 Å². The summed E-state index contributed by atoms with van der Waals surface area (Å²) in [6.45, 7) is -0.164. The molecule has 0 atom stereocenters. The van der Waals surface area contributed by atoms with Gasteiger partial charge in [0.1, 0.15) is 5.69 Å². The summed E-state index contributed by atoms with van der Waals surface area (Å²) in [5.41, 5.74) is -0.819. The number of halogens is 4. The lowest BCUT2D eigenvalue weighted by Crippen LogP contribution is -2.14. The molecule has 1 aromatic carbocycles. The second-order valence-corrected chi connectivity index (χ2v) is 5.05. The van der Waals surface area contributed by atoms with Crippen molar-refractivity contribution in [2.45, 2.75) is 12.7 Å². The molecule has 0 aliphatic heterocycles. The quantitative estimate of drug-likeness (QED) is 0.911. The van der Waals surface area contributed by atoms with E-state index in [2.05, 4.69) is 15.9 Å². The summed E-state index contributed by atoms with van der Waals surface area (Å²) in [5.74, 6) is -1.19. The molecule has 1 N–H and O–H groups in total. The van der Waals surface area contributed by atoms with Crippen LogP contribution in [0.15, 0.2) is 41.0 Å². The van der Waals surface area contributed by atoms with Crippen molar-refractivity contribution in [3.8, 4) is 0 Å². The lowest BCUT2D eigenvalue weighted by molar-refractivity contribution is -0.138. The Hall–Kier alpha value is -1.76. The number of benzene rings is 1. The number of rotatable bonds is 3. The number of hydrogen-bond donors (Lipinski definition) is 1. The molecular weight excluding hydrogens is 339 g/mol. The van der Waals surface area contributed by atoms with Crippen LogP contribution in [-0.2, 0) is 12.7 Å². The molecule has 0 amide bonds. The van der Waals surface area contributed by atoms with E-state index < -0.39 is 17.7 Å². The summed E-state index contributed by atoms with van der Waals surface area (Å²) in [6.07, 6.45) is -3.03. The Balaban J connectivity index is 2.43. The van der Waals surface area contributed by atoms with E-state index in [0.717, 1.165) is 6.07 Å². The Labute approximate surface area is 120 Å². The molecule has 106 valence electrons. The van der Waals surface area contributed by atoms with Crippen LogP contribution in [0.1, 0.15) is 21.6 Å². The van der Waals surface area contributed by atoms with Gasteiger partial charge in [-0.05, 0) is 33.6 Å². The number of carboxylic acid groups (broad SMARTS) is 1. The van der Waals surface area contributed by atoms with Crippen molar-refractivity contribution in [2.75, 3.05) is 0 Å².